The van der Waals surface area contributed by atoms with E-state index in [1.54, 1.807) is 6.20 Å². The summed E-state index contributed by atoms with van der Waals surface area (Å²) in [4.78, 5) is 4.29. The molecule has 1 fully saturated rings. The quantitative estimate of drug-likeness (QED) is 0.936. The van der Waals surface area contributed by atoms with Gasteiger partial charge < -0.3 is 9.52 Å². The Kier molecular flexibility index (Phi) is 4.26. The lowest BCUT2D eigenvalue weighted by Crippen LogP contribution is -2.38. The van der Waals surface area contributed by atoms with E-state index < -0.39 is 5.60 Å². The predicted octanol–water partition coefficient (Wildman–Crippen LogP) is 3.56. The third kappa shape index (κ3) is 2.65. The van der Waals surface area contributed by atoms with E-state index in [9.17, 15) is 5.11 Å². The second-order valence-corrected chi connectivity index (χ2v) is 5.93. The van der Waals surface area contributed by atoms with E-state index in [-0.39, 0.29) is 12.3 Å². The van der Waals surface area contributed by atoms with Gasteiger partial charge in [0.2, 0.25) is 5.89 Å². The molecular formula is C18H20N2O2. The summed E-state index contributed by atoms with van der Waals surface area (Å²) in [6.45, 7) is 0. The summed E-state index contributed by atoms with van der Waals surface area (Å²) in [6, 6.07) is 11.7. The summed E-state index contributed by atoms with van der Waals surface area (Å²) >= 11 is 0. The van der Waals surface area contributed by atoms with Gasteiger partial charge in [-0.05, 0) is 18.4 Å². The summed E-state index contributed by atoms with van der Waals surface area (Å²) in [7, 11) is 0. The van der Waals surface area contributed by atoms with Gasteiger partial charge in [0.15, 0.2) is 5.60 Å². The van der Waals surface area contributed by atoms with Gasteiger partial charge in [-0.15, -0.1) is 0 Å². The summed E-state index contributed by atoms with van der Waals surface area (Å²) in [6.07, 6.45) is 7.09. The van der Waals surface area contributed by atoms with Crippen molar-refractivity contribution < 1.29 is 9.52 Å². The number of aromatic nitrogens is 1. The molecule has 22 heavy (non-hydrogen) atoms. The zero-order valence-corrected chi connectivity index (χ0v) is 12.5. The van der Waals surface area contributed by atoms with Crippen LogP contribution >= 0.6 is 0 Å². The van der Waals surface area contributed by atoms with Crippen molar-refractivity contribution in [2.45, 2.75) is 44.1 Å². The van der Waals surface area contributed by atoms with Gasteiger partial charge in [0, 0.05) is 5.92 Å². The van der Waals surface area contributed by atoms with E-state index in [1.165, 1.54) is 6.42 Å². The highest BCUT2D eigenvalue weighted by Gasteiger charge is 2.44. The van der Waals surface area contributed by atoms with Crippen molar-refractivity contribution in [2.75, 3.05) is 0 Å². The Bertz CT molecular complexity index is 653. The number of hydrogen-bond donors (Lipinski definition) is 1. The maximum absolute atomic E-state index is 11.5. The Morgan fingerprint density at radius 1 is 1.23 bits per heavy atom. The lowest BCUT2D eigenvalue weighted by molar-refractivity contribution is -0.0237. The Labute approximate surface area is 130 Å². The Morgan fingerprint density at radius 2 is 1.95 bits per heavy atom. The van der Waals surface area contributed by atoms with Crippen LogP contribution in [-0.2, 0) is 12.0 Å². The number of nitriles is 1. The van der Waals surface area contributed by atoms with E-state index in [0.717, 1.165) is 31.2 Å². The molecule has 2 aromatic rings. The smallest absolute Gasteiger partial charge is 0.231 e. The Balaban J connectivity index is 2.03. The van der Waals surface area contributed by atoms with Crippen LogP contribution in [0.15, 0.2) is 40.9 Å². The molecule has 0 bridgehead atoms. The lowest BCUT2D eigenvalue weighted by atomic mass is 9.73. The summed E-state index contributed by atoms with van der Waals surface area (Å²) in [5, 5.41) is 20.3. The monoisotopic (exact) mass is 296 g/mol. The second-order valence-electron chi connectivity index (χ2n) is 5.93. The van der Waals surface area contributed by atoms with Gasteiger partial charge in [-0.1, -0.05) is 49.6 Å². The Morgan fingerprint density at radius 3 is 2.64 bits per heavy atom. The van der Waals surface area contributed by atoms with Crippen LogP contribution < -0.4 is 0 Å². The second kappa shape index (κ2) is 6.33. The fraction of sp³-hybridized carbons (Fsp3) is 0.444. The van der Waals surface area contributed by atoms with Crippen molar-refractivity contribution in [3.8, 4) is 6.07 Å². The molecule has 1 heterocycles. The summed E-state index contributed by atoms with van der Waals surface area (Å²) in [5.41, 5.74) is -0.401. The van der Waals surface area contributed by atoms with Crippen molar-refractivity contribution >= 4 is 0 Å². The van der Waals surface area contributed by atoms with Crippen molar-refractivity contribution in [1.82, 2.24) is 4.98 Å². The van der Waals surface area contributed by atoms with Crippen LogP contribution in [0.3, 0.4) is 0 Å². The van der Waals surface area contributed by atoms with E-state index in [1.807, 2.05) is 30.3 Å². The first-order valence-electron chi connectivity index (χ1n) is 7.85. The zero-order valence-electron chi connectivity index (χ0n) is 12.5. The van der Waals surface area contributed by atoms with Crippen molar-refractivity contribution in [3.63, 3.8) is 0 Å². The molecule has 114 valence electrons. The number of aliphatic hydroxyl groups is 1. The first-order chi connectivity index (χ1) is 10.7. The average molecular weight is 296 g/mol. The average Bonchev–Trinajstić information content (AvgIpc) is 3.05. The number of benzene rings is 1. The molecule has 4 heteroatoms. The molecule has 0 amide bonds. The van der Waals surface area contributed by atoms with Crippen LogP contribution in [0.1, 0.15) is 49.3 Å². The van der Waals surface area contributed by atoms with Crippen LogP contribution in [0, 0.1) is 17.2 Å². The molecule has 1 aliphatic rings. The van der Waals surface area contributed by atoms with Gasteiger partial charge in [0.1, 0.15) is 5.76 Å². The third-order valence-electron chi connectivity index (χ3n) is 4.54. The van der Waals surface area contributed by atoms with E-state index in [0.29, 0.717) is 11.7 Å². The largest absolute Gasteiger partial charge is 0.441 e. The molecule has 1 unspecified atom stereocenters. The van der Waals surface area contributed by atoms with Gasteiger partial charge in [-0.2, -0.15) is 5.26 Å². The third-order valence-corrected chi connectivity index (χ3v) is 4.54. The van der Waals surface area contributed by atoms with E-state index in [2.05, 4.69) is 11.1 Å². The fourth-order valence-electron chi connectivity index (χ4n) is 3.39. The van der Waals surface area contributed by atoms with Crippen LogP contribution in [0.2, 0.25) is 0 Å². The van der Waals surface area contributed by atoms with Crippen molar-refractivity contribution in [3.05, 3.63) is 53.7 Å². The minimum atomic E-state index is -1.21. The Hall–Kier alpha value is -2.12. The highest BCUT2D eigenvalue weighted by molar-refractivity contribution is 5.30. The molecule has 3 rings (SSSR count). The van der Waals surface area contributed by atoms with E-state index in [4.69, 9.17) is 9.68 Å². The number of oxazole rings is 1. The summed E-state index contributed by atoms with van der Waals surface area (Å²) in [5.74, 6) is 0.913. The highest BCUT2D eigenvalue weighted by atomic mass is 16.4. The molecule has 4 nitrogen and oxygen atoms in total. The summed E-state index contributed by atoms with van der Waals surface area (Å²) < 4.78 is 5.71. The highest BCUT2D eigenvalue weighted by Crippen LogP contribution is 2.43. The number of hydrogen-bond acceptors (Lipinski definition) is 4. The minimum Gasteiger partial charge on any atom is -0.441 e. The molecule has 1 aliphatic carbocycles. The standard InChI is InChI=1S/C18H20N2O2/c19-12-11-16-13-20-17(22-16)18(21,14-7-3-1-4-8-14)15-9-5-2-6-10-15/h1,3-4,7-8,13,15,21H,2,5-6,9-11H2. The van der Waals surface area contributed by atoms with Crippen LogP contribution in [0.4, 0.5) is 0 Å². The number of nitrogens with zero attached hydrogens (tertiary/aromatic N) is 2. The first-order valence-corrected chi connectivity index (χ1v) is 7.85. The molecule has 1 atom stereocenters. The van der Waals surface area contributed by atoms with Gasteiger partial charge in [0.25, 0.3) is 0 Å². The minimum absolute atomic E-state index is 0.0947. The molecule has 0 saturated heterocycles. The predicted molar refractivity (Wildman–Crippen MR) is 81.8 cm³/mol. The first kappa shape index (κ1) is 14.8. The molecule has 0 radical (unpaired) electrons. The SMILES string of the molecule is N#CCc1cnc(C(O)(c2ccccc2)C2CCCCC2)o1. The molecular weight excluding hydrogens is 276 g/mol. The van der Waals surface area contributed by atoms with Crippen molar-refractivity contribution in [1.29, 1.82) is 5.26 Å². The normalized spacial score (nSPS) is 18.5. The van der Waals surface area contributed by atoms with Gasteiger partial charge in [-0.25, -0.2) is 4.98 Å². The van der Waals surface area contributed by atoms with Gasteiger partial charge >= 0.3 is 0 Å². The van der Waals surface area contributed by atoms with Gasteiger partial charge in [-0.3, -0.25) is 0 Å². The van der Waals surface area contributed by atoms with Crippen LogP contribution in [-0.4, -0.2) is 10.1 Å². The molecule has 1 saturated carbocycles. The van der Waals surface area contributed by atoms with Crippen molar-refractivity contribution in [2.24, 2.45) is 5.92 Å². The van der Waals surface area contributed by atoms with E-state index >= 15 is 0 Å². The fourth-order valence-corrected chi connectivity index (χ4v) is 3.39. The van der Waals surface area contributed by atoms with Crippen LogP contribution in [0.5, 0.6) is 0 Å². The van der Waals surface area contributed by atoms with Crippen LogP contribution in [0.25, 0.3) is 0 Å². The topological polar surface area (TPSA) is 70.0 Å². The molecule has 1 aromatic carbocycles. The lowest BCUT2D eigenvalue weighted by Gasteiger charge is -2.36. The molecule has 0 spiro atoms. The zero-order chi connectivity index (χ0) is 15.4. The molecule has 0 aliphatic heterocycles. The molecule has 1 N–H and O–H groups in total. The van der Waals surface area contributed by atoms with Gasteiger partial charge in [0.05, 0.1) is 18.7 Å². The maximum Gasteiger partial charge on any atom is 0.231 e. The number of rotatable bonds is 4. The molecule has 1 aromatic heterocycles. The maximum atomic E-state index is 11.5.